The molecule has 2 atom stereocenters. The van der Waals surface area contributed by atoms with Crippen LogP contribution >= 0.6 is 0 Å². The minimum Gasteiger partial charge on any atom is -0.339 e. The number of nitrogens with two attached hydrogens (primary N) is 1. The largest absolute Gasteiger partial charge is 0.412 e. The number of hydrogen-bond donors (Lipinski definition) is 2. The van der Waals surface area contributed by atoms with Crippen molar-refractivity contribution in [3.63, 3.8) is 0 Å². The number of hydrogen-bond acceptors (Lipinski definition) is 2. The van der Waals surface area contributed by atoms with Crippen LogP contribution in [0.1, 0.15) is 18.5 Å². The van der Waals surface area contributed by atoms with Gasteiger partial charge in [-0.3, -0.25) is 4.79 Å². The van der Waals surface area contributed by atoms with E-state index in [-0.39, 0.29) is 5.56 Å². The molecule has 3 N–H and O–H groups in total. The maximum Gasteiger partial charge on any atom is 0.412 e. The van der Waals surface area contributed by atoms with Crippen molar-refractivity contribution in [3.05, 3.63) is 35.6 Å². The third kappa shape index (κ3) is 3.69. The van der Waals surface area contributed by atoms with E-state index in [0.29, 0.717) is 0 Å². The average molecular weight is 264 g/mol. The zero-order chi connectivity index (χ0) is 13.9. The summed E-state index contributed by atoms with van der Waals surface area (Å²) in [6, 6.07) is 0.467. The third-order valence-electron chi connectivity index (χ3n) is 2.23. The standard InChI is InChI=1S/C11H12F4N2O/c1-6(16)10(18)17-9(11(13,14)15)7-2-4-8(12)5-3-7/h2-6,9H,16H2,1H3,(H,17,18)/t6-,9?/m1/s1. The van der Waals surface area contributed by atoms with Crippen molar-refractivity contribution in [2.45, 2.75) is 25.2 Å². The van der Waals surface area contributed by atoms with E-state index < -0.39 is 30.0 Å². The molecule has 0 aliphatic carbocycles. The summed E-state index contributed by atoms with van der Waals surface area (Å²) in [7, 11) is 0. The summed E-state index contributed by atoms with van der Waals surface area (Å²) in [4.78, 5) is 11.2. The number of rotatable bonds is 3. The lowest BCUT2D eigenvalue weighted by molar-refractivity contribution is -0.163. The van der Waals surface area contributed by atoms with Gasteiger partial charge in [-0.25, -0.2) is 4.39 Å². The van der Waals surface area contributed by atoms with E-state index in [2.05, 4.69) is 0 Å². The summed E-state index contributed by atoms with van der Waals surface area (Å²) in [5, 5.41) is 1.78. The van der Waals surface area contributed by atoms with Gasteiger partial charge < -0.3 is 11.1 Å². The van der Waals surface area contributed by atoms with Crippen molar-refractivity contribution in [1.82, 2.24) is 5.32 Å². The maximum atomic E-state index is 12.8. The molecule has 0 aliphatic heterocycles. The van der Waals surface area contributed by atoms with Crippen molar-refractivity contribution >= 4 is 5.91 Å². The van der Waals surface area contributed by atoms with Gasteiger partial charge in [0.25, 0.3) is 0 Å². The number of carbonyl (C=O) groups excluding carboxylic acids is 1. The average Bonchev–Trinajstić information content (AvgIpc) is 2.25. The quantitative estimate of drug-likeness (QED) is 0.819. The van der Waals surface area contributed by atoms with Crippen LogP contribution in [0.4, 0.5) is 17.6 Å². The van der Waals surface area contributed by atoms with Crippen molar-refractivity contribution in [3.8, 4) is 0 Å². The lowest BCUT2D eigenvalue weighted by Crippen LogP contribution is -2.45. The summed E-state index contributed by atoms with van der Waals surface area (Å²) in [6.45, 7) is 1.27. The first-order chi connectivity index (χ1) is 8.21. The summed E-state index contributed by atoms with van der Waals surface area (Å²) in [5.41, 5.74) is 4.94. The first-order valence-electron chi connectivity index (χ1n) is 5.10. The molecule has 0 heterocycles. The molecule has 18 heavy (non-hydrogen) atoms. The van der Waals surface area contributed by atoms with E-state index in [0.717, 1.165) is 24.3 Å². The van der Waals surface area contributed by atoms with Crippen LogP contribution in [0.3, 0.4) is 0 Å². The van der Waals surface area contributed by atoms with Crippen LogP contribution in [-0.4, -0.2) is 18.1 Å². The topological polar surface area (TPSA) is 55.1 Å². The summed E-state index contributed by atoms with van der Waals surface area (Å²) < 4.78 is 51.0. The van der Waals surface area contributed by atoms with Gasteiger partial charge in [-0.1, -0.05) is 12.1 Å². The fraction of sp³-hybridized carbons (Fsp3) is 0.364. The molecule has 0 radical (unpaired) electrons. The summed E-state index contributed by atoms with van der Waals surface area (Å²) in [5.74, 6) is -1.58. The van der Waals surface area contributed by atoms with E-state index in [1.807, 2.05) is 0 Å². The molecule has 100 valence electrons. The first kappa shape index (κ1) is 14.4. The molecule has 0 saturated carbocycles. The highest BCUT2D eigenvalue weighted by Crippen LogP contribution is 2.32. The Morgan fingerprint density at radius 3 is 2.17 bits per heavy atom. The second-order valence-electron chi connectivity index (χ2n) is 3.82. The number of benzene rings is 1. The third-order valence-corrected chi connectivity index (χ3v) is 2.23. The van der Waals surface area contributed by atoms with Gasteiger partial charge in [-0.2, -0.15) is 13.2 Å². The molecule has 0 bridgehead atoms. The molecule has 1 aromatic carbocycles. The minimum atomic E-state index is -4.68. The number of amides is 1. The van der Waals surface area contributed by atoms with Crippen LogP contribution in [0.2, 0.25) is 0 Å². The van der Waals surface area contributed by atoms with E-state index in [9.17, 15) is 22.4 Å². The van der Waals surface area contributed by atoms with Gasteiger partial charge in [-0.15, -0.1) is 0 Å². The van der Waals surface area contributed by atoms with Crippen molar-refractivity contribution in [1.29, 1.82) is 0 Å². The Labute approximate surface area is 101 Å². The van der Waals surface area contributed by atoms with Crippen LogP contribution in [0.25, 0.3) is 0 Å². The molecule has 1 amide bonds. The number of alkyl halides is 3. The predicted octanol–water partition coefficient (Wildman–Crippen LogP) is 1.89. The van der Waals surface area contributed by atoms with Crippen LogP contribution in [0.5, 0.6) is 0 Å². The Kier molecular flexibility index (Phi) is 4.28. The van der Waals surface area contributed by atoms with Gasteiger partial charge in [0.15, 0.2) is 6.04 Å². The monoisotopic (exact) mass is 264 g/mol. The van der Waals surface area contributed by atoms with Gasteiger partial charge >= 0.3 is 6.18 Å². The minimum absolute atomic E-state index is 0.252. The Morgan fingerprint density at radius 2 is 1.78 bits per heavy atom. The zero-order valence-corrected chi connectivity index (χ0v) is 9.46. The van der Waals surface area contributed by atoms with Gasteiger partial charge in [0.1, 0.15) is 5.82 Å². The second-order valence-corrected chi connectivity index (χ2v) is 3.82. The molecule has 1 unspecified atom stereocenters. The lowest BCUT2D eigenvalue weighted by Gasteiger charge is -2.23. The molecule has 1 rings (SSSR count). The van der Waals surface area contributed by atoms with E-state index in [1.165, 1.54) is 6.92 Å². The van der Waals surface area contributed by atoms with Crippen LogP contribution in [0, 0.1) is 5.82 Å². The first-order valence-corrected chi connectivity index (χ1v) is 5.10. The molecule has 1 aromatic rings. The molecule has 3 nitrogen and oxygen atoms in total. The SMILES string of the molecule is C[C@@H](N)C(=O)NC(c1ccc(F)cc1)C(F)(F)F. The van der Waals surface area contributed by atoms with Crippen molar-refractivity contribution in [2.24, 2.45) is 5.73 Å². The number of nitrogens with one attached hydrogen (secondary N) is 1. The normalized spacial score (nSPS) is 15.0. The van der Waals surface area contributed by atoms with Crippen LogP contribution in [0.15, 0.2) is 24.3 Å². The number of carbonyl (C=O) groups is 1. The molecular weight excluding hydrogens is 252 g/mol. The van der Waals surface area contributed by atoms with E-state index in [1.54, 1.807) is 5.32 Å². The van der Waals surface area contributed by atoms with Crippen LogP contribution in [-0.2, 0) is 4.79 Å². The van der Waals surface area contributed by atoms with Crippen LogP contribution < -0.4 is 11.1 Å². The zero-order valence-electron chi connectivity index (χ0n) is 9.46. The molecule has 0 fully saturated rings. The Morgan fingerprint density at radius 1 is 1.28 bits per heavy atom. The maximum absolute atomic E-state index is 12.8. The molecule has 0 spiro atoms. The van der Waals surface area contributed by atoms with Gasteiger partial charge in [0.2, 0.25) is 5.91 Å². The van der Waals surface area contributed by atoms with Gasteiger partial charge in [0.05, 0.1) is 6.04 Å². The second kappa shape index (κ2) is 5.34. The smallest absolute Gasteiger partial charge is 0.339 e. The highest BCUT2D eigenvalue weighted by Gasteiger charge is 2.42. The van der Waals surface area contributed by atoms with E-state index >= 15 is 0 Å². The highest BCUT2D eigenvalue weighted by molar-refractivity contribution is 5.81. The Hall–Kier alpha value is -1.63. The summed E-state index contributed by atoms with van der Waals surface area (Å²) >= 11 is 0. The molecular formula is C11H12F4N2O. The number of halogens is 4. The molecule has 0 aliphatic rings. The van der Waals surface area contributed by atoms with Gasteiger partial charge in [0, 0.05) is 0 Å². The summed E-state index contributed by atoms with van der Waals surface area (Å²) in [6.07, 6.45) is -4.68. The fourth-order valence-electron chi connectivity index (χ4n) is 1.28. The highest BCUT2D eigenvalue weighted by atomic mass is 19.4. The Balaban J connectivity index is 2.99. The van der Waals surface area contributed by atoms with Crippen molar-refractivity contribution < 1.29 is 22.4 Å². The van der Waals surface area contributed by atoms with Gasteiger partial charge in [-0.05, 0) is 24.6 Å². The van der Waals surface area contributed by atoms with E-state index in [4.69, 9.17) is 5.73 Å². The van der Waals surface area contributed by atoms with Crippen molar-refractivity contribution in [2.75, 3.05) is 0 Å². The molecule has 7 heteroatoms. The predicted molar refractivity (Wildman–Crippen MR) is 57.0 cm³/mol. The lowest BCUT2D eigenvalue weighted by atomic mass is 10.1. The molecule has 0 saturated heterocycles. The Bertz CT molecular complexity index is 414. The molecule has 0 aromatic heterocycles. The fourth-order valence-corrected chi connectivity index (χ4v) is 1.28.